The van der Waals surface area contributed by atoms with E-state index in [1.165, 1.54) is 24.5 Å². The van der Waals surface area contributed by atoms with Gasteiger partial charge in [0, 0.05) is 17.6 Å². The Balaban J connectivity index is 2.29. The average Bonchev–Trinajstić information content (AvgIpc) is 2.46. The number of aromatic nitrogens is 2. The van der Waals surface area contributed by atoms with Crippen LogP contribution in [0.4, 0.5) is 30.5 Å². The lowest BCUT2D eigenvalue weighted by atomic mass is 10.1. The second-order valence-corrected chi connectivity index (χ2v) is 4.71. The van der Waals surface area contributed by atoms with Crippen molar-refractivity contribution in [2.75, 3.05) is 17.2 Å². The summed E-state index contributed by atoms with van der Waals surface area (Å²) >= 11 is 5.64. The van der Waals surface area contributed by atoms with Crippen molar-refractivity contribution in [1.82, 2.24) is 9.97 Å². The molecule has 0 amide bonds. The van der Waals surface area contributed by atoms with Crippen molar-refractivity contribution in [3.05, 3.63) is 53.8 Å². The maximum atomic E-state index is 13.0. The summed E-state index contributed by atoms with van der Waals surface area (Å²) in [5.74, 6) is 0.703. The monoisotopic (exact) mass is 328 g/mol. The highest BCUT2D eigenvalue weighted by Crippen LogP contribution is 2.37. The molecule has 2 rings (SSSR count). The van der Waals surface area contributed by atoms with Gasteiger partial charge in [-0.3, -0.25) is 0 Å². The zero-order valence-corrected chi connectivity index (χ0v) is 12.0. The molecule has 0 fully saturated rings. The van der Waals surface area contributed by atoms with Crippen LogP contribution in [-0.2, 0) is 6.18 Å². The second-order valence-electron chi connectivity index (χ2n) is 4.27. The first-order chi connectivity index (χ1) is 10.4. The summed E-state index contributed by atoms with van der Waals surface area (Å²) in [4.78, 5) is 7.85. The number of benzene rings is 1. The largest absolute Gasteiger partial charge is 0.418 e. The Kier molecular flexibility index (Phi) is 4.87. The molecule has 0 aliphatic carbocycles. The first kappa shape index (κ1) is 16.1. The number of hydrogen-bond donors (Lipinski definition) is 2. The second kappa shape index (κ2) is 6.65. The first-order valence-electron chi connectivity index (χ1n) is 6.20. The Bertz CT molecular complexity index is 673. The molecule has 1 aromatic carbocycles. The summed E-state index contributed by atoms with van der Waals surface area (Å²) in [6.07, 6.45) is -1.64. The molecule has 1 heterocycles. The Morgan fingerprint density at radius 3 is 2.59 bits per heavy atom. The van der Waals surface area contributed by atoms with E-state index in [1.807, 2.05) is 0 Å². The molecule has 0 aliphatic rings. The van der Waals surface area contributed by atoms with Gasteiger partial charge in [0.05, 0.1) is 11.3 Å². The summed E-state index contributed by atoms with van der Waals surface area (Å²) in [7, 11) is 0. The summed E-state index contributed by atoms with van der Waals surface area (Å²) in [6.45, 7) is 4.03. The van der Waals surface area contributed by atoms with Crippen LogP contribution in [0.2, 0.25) is 5.02 Å². The van der Waals surface area contributed by atoms with Gasteiger partial charge in [0.1, 0.15) is 18.0 Å². The third-order valence-electron chi connectivity index (χ3n) is 2.64. The third-order valence-corrected chi connectivity index (χ3v) is 2.88. The van der Waals surface area contributed by atoms with Gasteiger partial charge in [0.2, 0.25) is 0 Å². The number of anilines is 3. The molecule has 4 nitrogen and oxygen atoms in total. The van der Waals surface area contributed by atoms with E-state index in [0.717, 1.165) is 6.07 Å². The van der Waals surface area contributed by atoms with Gasteiger partial charge in [-0.15, -0.1) is 6.58 Å². The molecule has 116 valence electrons. The van der Waals surface area contributed by atoms with Crippen molar-refractivity contribution in [1.29, 1.82) is 0 Å². The average molecular weight is 329 g/mol. The number of alkyl halides is 3. The molecule has 0 spiro atoms. The van der Waals surface area contributed by atoms with Gasteiger partial charge in [0.25, 0.3) is 0 Å². The van der Waals surface area contributed by atoms with Crippen LogP contribution < -0.4 is 10.6 Å². The van der Waals surface area contributed by atoms with Gasteiger partial charge in [-0.2, -0.15) is 13.2 Å². The Labute approximate surface area is 130 Å². The minimum absolute atomic E-state index is 0.00824. The van der Waals surface area contributed by atoms with Gasteiger partial charge in [-0.1, -0.05) is 17.7 Å². The number of rotatable bonds is 5. The summed E-state index contributed by atoms with van der Waals surface area (Å²) in [5, 5.41) is 5.56. The zero-order valence-electron chi connectivity index (χ0n) is 11.3. The zero-order chi connectivity index (χ0) is 16.2. The molecule has 0 bridgehead atoms. The highest BCUT2D eigenvalue weighted by Gasteiger charge is 2.33. The maximum absolute atomic E-state index is 13.0. The fourth-order valence-electron chi connectivity index (χ4n) is 1.70. The van der Waals surface area contributed by atoms with Crippen LogP contribution in [0, 0.1) is 0 Å². The molecule has 2 N–H and O–H groups in total. The normalized spacial score (nSPS) is 11.1. The summed E-state index contributed by atoms with van der Waals surface area (Å²) in [6, 6.07) is 4.99. The van der Waals surface area contributed by atoms with Crippen LogP contribution in [0.3, 0.4) is 0 Å². The number of nitrogens with zero attached hydrogens (tertiary/aromatic N) is 2. The molecular weight excluding hydrogens is 317 g/mol. The van der Waals surface area contributed by atoms with Crippen molar-refractivity contribution in [2.24, 2.45) is 0 Å². The molecule has 2 aromatic rings. The van der Waals surface area contributed by atoms with Crippen LogP contribution in [0.1, 0.15) is 5.56 Å². The van der Waals surface area contributed by atoms with Gasteiger partial charge >= 0.3 is 6.18 Å². The minimum Gasteiger partial charge on any atom is -0.366 e. The number of hydrogen-bond acceptors (Lipinski definition) is 4. The predicted octanol–water partition coefficient (Wildman–Crippen LogP) is 4.49. The third kappa shape index (κ3) is 4.11. The van der Waals surface area contributed by atoms with Crippen molar-refractivity contribution in [3.8, 4) is 0 Å². The summed E-state index contributed by atoms with van der Waals surface area (Å²) in [5.41, 5.74) is -0.996. The smallest absolute Gasteiger partial charge is 0.366 e. The molecule has 0 aliphatic heterocycles. The fourth-order valence-corrected chi connectivity index (χ4v) is 1.87. The van der Waals surface area contributed by atoms with E-state index in [-0.39, 0.29) is 16.5 Å². The maximum Gasteiger partial charge on any atom is 0.418 e. The summed E-state index contributed by atoms with van der Waals surface area (Å²) < 4.78 is 39.1. The molecule has 0 radical (unpaired) electrons. The van der Waals surface area contributed by atoms with Crippen molar-refractivity contribution < 1.29 is 13.2 Å². The lowest BCUT2D eigenvalue weighted by Gasteiger charge is -2.14. The molecule has 22 heavy (non-hydrogen) atoms. The molecule has 8 heteroatoms. The Morgan fingerprint density at radius 1 is 1.18 bits per heavy atom. The lowest BCUT2D eigenvalue weighted by molar-refractivity contribution is -0.136. The van der Waals surface area contributed by atoms with Gasteiger partial charge < -0.3 is 10.6 Å². The fraction of sp³-hybridized carbons (Fsp3) is 0.143. The highest BCUT2D eigenvalue weighted by atomic mass is 35.5. The predicted molar refractivity (Wildman–Crippen MR) is 80.5 cm³/mol. The molecule has 0 saturated carbocycles. The van der Waals surface area contributed by atoms with Crippen molar-refractivity contribution in [2.45, 2.75) is 6.18 Å². The van der Waals surface area contributed by atoms with Crippen molar-refractivity contribution in [3.63, 3.8) is 0 Å². The Morgan fingerprint density at radius 2 is 1.91 bits per heavy atom. The molecule has 1 aromatic heterocycles. The lowest BCUT2D eigenvalue weighted by Crippen LogP contribution is -2.09. The SMILES string of the molecule is C=CCNc1cc(Nc2ccc(Cl)cc2C(F)(F)F)ncn1. The van der Waals surface area contributed by atoms with E-state index in [0.29, 0.717) is 12.4 Å². The van der Waals surface area contributed by atoms with Gasteiger partial charge in [-0.25, -0.2) is 9.97 Å². The standard InChI is InChI=1S/C14H12ClF3N4/c1-2-5-19-12-7-13(21-8-20-12)22-11-4-3-9(15)6-10(11)14(16,17)18/h2-4,6-8H,1,5H2,(H2,19,20,21,22). The number of nitrogens with one attached hydrogen (secondary N) is 2. The van der Waals surface area contributed by atoms with Crippen molar-refractivity contribution >= 4 is 28.9 Å². The number of halogens is 4. The van der Waals surface area contributed by atoms with E-state index >= 15 is 0 Å². The van der Waals surface area contributed by atoms with E-state index in [1.54, 1.807) is 6.08 Å². The van der Waals surface area contributed by atoms with E-state index in [9.17, 15) is 13.2 Å². The van der Waals surface area contributed by atoms with Crippen LogP contribution in [0.5, 0.6) is 0 Å². The molecule has 0 unspecified atom stereocenters. The highest BCUT2D eigenvalue weighted by molar-refractivity contribution is 6.30. The van der Waals surface area contributed by atoms with Crippen LogP contribution in [-0.4, -0.2) is 16.5 Å². The quantitative estimate of drug-likeness (QED) is 0.794. The minimum atomic E-state index is -4.52. The van der Waals surface area contributed by atoms with E-state index < -0.39 is 11.7 Å². The first-order valence-corrected chi connectivity index (χ1v) is 6.58. The van der Waals surface area contributed by atoms with E-state index in [4.69, 9.17) is 11.6 Å². The van der Waals surface area contributed by atoms with E-state index in [2.05, 4.69) is 27.2 Å². The van der Waals surface area contributed by atoms with Crippen LogP contribution >= 0.6 is 11.6 Å². The van der Waals surface area contributed by atoms with Crippen LogP contribution in [0.15, 0.2) is 43.2 Å². The topological polar surface area (TPSA) is 49.8 Å². The molecular formula is C14H12ClF3N4. The Hall–Kier alpha value is -2.28. The van der Waals surface area contributed by atoms with Gasteiger partial charge in [-0.05, 0) is 18.2 Å². The molecule has 0 saturated heterocycles. The van der Waals surface area contributed by atoms with Crippen LogP contribution in [0.25, 0.3) is 0 Å². The molecule has 0 atom stereocenters. The van der Waals surface area contributed by atoms with Gasteiger partial charge in [0.15, 0.2) is 0 Å².